The van der Waals surface area contributed by atoms with E-state index in [1.165, 1.54) is 20.2 Å². The molecule has 2 rings (SSSR count). The van der Waals surface area contributed by atoms with Gasteiger partial charge in [-0.3, -0.25) is 0 Å². The fraction of sp³-hybridized carbons (Fsp3) is 0.467. The smallest absolute Gasteiger partial charge is 0.0727 e. The molecule has 2 heterocycles. The van der Waals surface area contributed by atoms with Gasteiger partial charge in [-0.2, -0.15) is 0 Å². The maximum Gasteiger partial charge on any atom is 0.0727 e. The Morgan fingerprint density at radius 2 is 2.21 bits per heavy atom. The fourth-order valence-electron chi connectivity index (χ4n) is 1.88. The van der Waals surface area contributed by atoms with Crippen LogP contribution in [0.5, 0.6) is 0 Å². The molecule has 104 valence electrons. The lowest BCUT2D eigenvalue weighted by atomic mass is 10.2. The predicted molar refractivity (Wildman–Crippen MR) is 84.1 cm³/mol. The van der Waals surface area contributed by atoms with Crippen molar-refractivity contribution in [2.24, 2.45) is 0 Å². The van der Waals surface area contributed by atoms with Crippen LogP contribution in [0.15, 0.2) is 23.6 Å². The maximum atomic E-state index is 5.78. The van der Waals surface area contributed by atoms with Gasteiger partial charge in [-0.15, -0.1) is 22.7 Å². The summed E-state index contributed by atoms with van der Waals surface area (Å²) in [7, 11) is 0. The lowest BCUT2D eigenvalue weighted by Gasteiger charge is -2.02. The zero-order valence-corrected chi connectivity index (χ0v) is 13.2. The van der Waals surface area contributed by atoms with Crippen molar-refractivity contribution in [3.8, 4) is 0 Å². The Bertz CT molecular complexity index is 476. The minimum atomic E-state index is 0.736. The number of thiophene rings is 2. The third-order valence-corrected chi connectivity index (χ3v) is 4.98. The van der Waals surface area contributed by atoms with Crippen LogP contribution < -0.4 is 5.32 Å². The standard InChI is InChI=1S/C15H21NOS2/c1-3-16-10-15-9-13(12(2)19-15)11-17-7-6-14-5-4-8-18-14/h4-5,8-9,16H,3,6-7,10-11H2,1-2H3. The second-order valence-electron chi connectivity index (χ2n) is 4.46. The average Bonchev–Trinajstić information content (AvgIpc) is 3.02. The Balaban J connectivity index is 1.74. The Morgan fingerprint density at radius 1 is 1.32 bits per heavy atom. The first-order valence-corrected chi connectivity index (χ1v) is 8.38. The highest BCUT2D eigenvalue weighted by Gasteiger charge is 2.05. The summed E-state index contributed by atoms with van der Waals surface area (Å²) < 4.78 is 5.78. The Kier molecular flexibility index (Phi) is 6.04. The summed E-state index contributed by atoms with van der Waals surface area (Å²) in [6, 6.07) is 6.53. The van der Waals surface area contributed by atoms with Crippen molar-refractivity contribution < 1.29 is 4.74 Å². The molecule has 0 fully saturated rings. The highest BCUT2D eigenvalue weighted by molar-refractivity contribution is 7.12. The summed E-state index contributed by atoms with van der Waals surface area (Å²) in [5, 5.41) is 5.48. The van der Waals surface area contributed by atoms with E-state index in [0.717, 1.165) is 32.7 Å². The van der Waals surface area contributed by atoms with E-state index in [1.54, 1.807) is 11.3 Å². The number of rotatable bonds is 8. The lowest BCUT2D eigenvalue weighted by molar-refractivity contribution is 0.124. The van der Waals surface area contributed by atoms with Crippen LogP contribution in [0.4, 0.5) is 0 Å². The van der Waals surface area contributed by atoms with Crippen molar-refractivity contribution in [3.63, 3.8) is 0 Å². The van der Waals surface area contributed by atoms with Crippen LogP contribution in [0.2, 0.25) is 0 Å². The van der Waals surface area contributed by atoms with Gasteiger partial charge in [-0.1, -0.05) is 13.0 Å². The van der Waals surface area contributed by atoms with E-state index in [4.69, 9.17) is 4.74 Å². The second-order valence-corrected chi connectivity index (χ2v) is 6.83. The van der Waals surface area contributed by atoms with Gasteiger partial charge in [-0.25, -0.2) is 0 Å². The molecule has 1 N–H and O–H groups in total. The molecule has 0 aromatic carbocycles. The molecule has 2 nitrogen and oxygen atoms in total. The zero-order valence-electron chi connectivity index (χ0n) is 11.6. The van der Waals surface area contributed by atoms with E-state index in [2.05, 4.69) is 42.7 Å². The van der Waals surface area contributed by atoms with Crippen LogP contribution >= 0.6 is 22.7 Å². The predicted octanol–water partition coefficient (Wildman–Crippen LogP) is 3.99. The van der Waals surface area contributed by atoms with Gasteiger partial charge in [0, 0.05) is 27.6 Å². The molecular formula is C15H21NOS2. The molecule has 19 heavy (non-hydrogen) atoms. The summed E-state index contributed by atoms with van der Waals surface area (Å²) in [5.74, 6) is 0. The Labute approximate surface area is 123 Å². The number of aryl methyl sites for hydroxylation is 1. The fourth-order valence-corrected chi connectivity index (χ4v) is 3.58. The first-order chi connectivity index (χ1) is 9.29. The Morgan fingerprint density at radius 3 is 2.95 bits per heavy atom. The molecule has 0 saturated carbocycles. The minimum Gasteiger partial charge on any atom is -0.376 e. The maximum absolute atomic E-state index is 5.78. The highest BCUT2D eigenvalue weighted by atomic mass is 32.1. The van der Waals surface area contributed by atoms with E-state index in [0.29, 0.717) is 0 Å². The van der Waals surface area contributed by atoms with Gasteiger partial charge in [0.25, 0.3) is 0 Å². The van der Waals surface area contributed by atoms with Gasteiger partial charge in [0.05, 0.1) is 13.2 Å². The first kappa shape index (κ1) is 14.7. The van der Waals surface area contributed by atoms with Crippen molar-refractivity contribution in [3.05, 3.63) is 43.8 Å². The quantitative estimate of drug-likeness (QED) is 0.744. The van der Waals surface area contributed by atoms with E-state index in [1.807, 2.05) is 11.3 Å². The second kappa shape index (κ2) is 7.80. The molecule has 0 saturated heterocycles. The Hall–Kier alpha value is -0.680. The summed E-state index contributed by atoms with van der Waals surface area (Å²) in [6.07, 6.45) is 1.02. The van der Waals surface area contributed by atoms with E-state index in [9.17, 15) is 0 Å². The third kappa shape index (κ3) is 4.73. The van der Waals surface area contributed by atoms with Gasteiger partial charge in [-0.05, 0) is 36.5 Å². The highest BCUT2D eigenvalue weighted by Crippen LogP contribution is 2.22. The zero-order chi connectivity index (χ0) is 13.5. The van der Waals surface area contributed by atoms with Crippen LogP contribution in [0.25, 0.3) is 0 Å². The minimum absolute atomic E-state index is 0.736. The van der Waals surface area contributed by atoms with Crippen molar-refractivity contribution in [2.75, 3.05) is 13.2 Å². The molecular weight excluding hydrogens is 274 g/mol. The summed E-state index contributed by atoms with van der Waals surface area (Å²) >= 11 is 3.67. The molecule has 0 atom stereocenters. The van der Waals surface area contributed by atoms with Crippen molar-refractivity contribution in [2.45, 2.75) is 33.4 Å². The molecule has 0 aliphatic carbocycles. The molecule has 2 aromatic rings. The van der Waals surface area contributed by atoms with Gasteiger partial charge in [0.2, 0.25) is 0 Å². The molecule has 0 radical (unpaired) electrons. The molecule has 0 spiro atoms. The summed E-state index contributed by atoms with van der Waals surface area (Å²) in [6.45, 7) is 7.84. The molecule has 0 aliphatic heterocycles. The van der Waals surface area contributed by atoms with Crippen molar-refractivity contribution >= 4 is 22.7 Å². The summed E-state index contributed by atoms with van der Waals surface area (Å²) in [4.78, 5) is 4.18. The number of hydrogen-bond acceptors (Lipinski definition) is 4. The SMILES string of the molecule is CCNCc1cc(COCCc2cccs2)c(C)s1. The van der Waals surface area contributed by atoms with Crippen LogP contribution in [-0.2, 0) is 24.3 Å². The molecule has 0 aliphatic rings. The van der Waals surface area contributed by atoms with Crippen LogP contribution in [0.1, 0.15) is 27.1 Å². The van der Waals surface area contributed by atoms with Crippen molar-refractivity contribution in [1.29, 1.82) is 0 Å². The van der Waals surface area contributed by atoms with E-state index >= 15 is 0 Å². The monoisotopic (exact) mass is 295 g/mol. The largest absolute Gasteiger partial charge is 0.376 e. The number of nitrogens with one attached hydrogen (secondary N) is 1. The van der Waals surface area contributed by atoms with E-state index < -0.39 is 0 Å². The molecule has 0 bridgehead atoms. The van der Waals surface area contributed by atoms with Crippen LogP contribution in [0, 0.1) is 6.92 Å². The molecule has 4 heteroatoms. The number of ether oxygens (including phenoxy) is 1. The van der Waals surface area contributed by atoms with Gasteiger partial charge in [0.1, 0.15) is 0 Å². The first-order valence-electron chi connectivity index (χ1n) is 6.68. The van der Waals surface area contributed by atoms with Gasteiger partial charge >= 0.3 is 0 Å². The van der Waals surface area contributed by atoms with Gasteiger partial charge < -0.3 is 10.1 Å². The normalized spacial score (nSPS) is 11.1. The van der Waals surface area contributed by atoms with Crippen LogP contribution in [-0.4, -0.2) is 13.2 Å². The van der Waals surface area contributed by atoms with Crippen molar-refractivity contribution in [1.82, 2.24) is 5.32 Å². The topological polar surface area (TPSA) is 21.3 Å². The number of hydrogen-bond donors (Lipinski definition) is 1. The van der Waals surface area contributed by atoms with Gasteiger partial charge in [0.15, 0.2) is 0 Å². The van der Waals surface area contributed by atoms with E-state index in [-0.39, 0.29) is 0 Å². The molecule has 0 amide bonds. The molecule has 2 aromatic heterocycles. The lowest BCUT2D eigenvalue weighted by Crippen LogP contribution is -2.10. The average molecular weight is 295 g/mol. The molecule has 0 unspecified atom stereocenters. The van der Waals surface area contributed by atoms with Crippen LogP contribution in [0.3, 0.4) is 0 Å². The summed E-state index contributed by atoms with van der Waals surface area (Å²) in [5.41, 5.74) is 1.34. The third-order valence-electron chi connectivity index (χ3n) is 2.95.